The number of nitrogens with zero attached hydrogens (tertiary/aromatic N) is 3. The van der Waals surface area contributed by atoms with E-state index in [1.165, 1.54) is 15.0 Å². The average Bonchev–Trinajstić information content (AvgIpc) is 3.08. The van der Waals surface area contributed by atoms with Gasteiger partial charge < -0.3 is 4.74 Å². The van der Waals surface area contributed by atoms with Crippen LogP contribution in [0.5, 0.6) is 0 Å². The Balaban J connectivity index is 1.58. The molecule has 0 bridgehead atoms. The van der Waals surface area contributed by atoms with Crippen LogP contribution in [0.1, 0.15) is 28.4 Å². The third kappa shape index (κ3) is 2.62. The van der Waals surface area contributed by atoms with Crippen LogP contribution in [0.25, 0.3) is 0 Å². The number of hydrogen-bond acceptors (Lipinski definition) is 5. The molecule has 2 aromatic heterocycles. The SMILES string of the molecule is Cc1ncc2c(n1)[C@]1(CCN(Cc3cc(Br)cs3)C1)COC2. The first-order valence-corrected chi connectivity index (χ1v) is 9.18. The third-order valence-electron chi connectivity index (χ3n) is 4.56. The van der Waals surface area contributed by atoms with Gasteiger partial charge in [-0.2, -0.15) is 0 Å². The highest BCUT2D eigenvalue weighted by molar-refractivity contribution is 9.10. The van der Waals surface area contributed by atoms with Gasteiger partial charge in [-0.3, -0.25) is 4.90 Å². The van der Waals surface area contributed by atoms with E-state index in [4.69, 9.17) is 9.72 Å². The van der Waals surface area contributed by atoms with Gasteiger partial charge in [0.05, 0.1) is 24.3 Å². The van der Waals surface area contributed by atoms with Crippen molar-refractivity contribution in [3.8, 4) is 0 Å². The molecule has 6 heteroatoms. The molecule has 0 N–H and O–H groups in total. The summed E-state index contributed by atoms with van der Waals surface area (Å²) in [5.74, 6) is 0.862. The fourth-order valence-corrected chi connectivity index (χ4v) is 5.04. The summed E-state index contributed by atoms with van der Waals surface area (Å²) in [6.45, 7) is 6.53. The van der Waals surface area contributed by atoms with E-state index in [1.54, 1.807) is 0 Å². The minimum atomic E-state index is 0.0514. The Labute approximate surface area is 142 Å². The summed E-state index contributed by atoms with van der Waals surface area (Å²) in [5, 5.41) is 2.15. The van der Waals surface area contributed by atoms with Gasteiger partial charge in [-0.1, -0.05) is 0 Å². The van der Waals surface area contributed by atoms with Crippen LogP contribution >= 0.6 is 27.3 Å². The number of likely N-dealkylation sites (tertiary alicyclic amines) is 1. The lowest BCUT2D eigenvalue weighted by molar-refractivity contribution is 0.0501. The van der Waals surface area contributed by atoms with Crippen LogP contribution in [-0.4, -0.2) is 34.6 Å². The molecule has 4 nitrogen and oxygen atoms in total. The summed E-state index contributed by atoms with van der Waals surface area (Å²) in [4.78, 5) is 13.0. The maximum Gasteiger partial charge on any atom is 0.125 e. The minimum absolute atomic E-state index is 0.0514. The summed E-state index contributed by atoms with van der Waals surface area (Å²) < 4.78 is 7.04. The first kappa shape index (κ1) is 14.8. The van der Waals surface area contributed by atoms with Crippen LogP contribution in [0, 0.1) is 6.92 Å². The molecule has 0 aromatic carbocycles. The topological polar surface area (TPSA) is 38.2 Å². The molecular formula is C16H18BrN3OS. The van der Waals surface area contributed by atoms with E-state index in [0.717, 1.165) is 44.0 Å². The van der Waals surface area contributed by atoms with Crippen molar-refractivity contribution < 1.29 is 4.74 Å². The summed E-state index contributed by atoms with van der Waals surface area (Å²) in [6, 6.07) is 2.22. The highest BCUT2D eigenvalue weighted by atomic mass is 79.9. The monoisotopic (exact) mass is 379 g/mol. The van der Waals surface area contributed by atoms with Gasteiger partial charge >= 0.3 is 0 Å². The Kier molecular flexibility index (Phi) is 3.80. The summed E-state index contributed by atoms with van der Waals surface area (Å²) in [5.41, 5.74) is 2.44. The zero-order valence-electron chi connectivity index (χ0n) is 12.5. The van der Waals surface area contributed by atoms with Crippen molar-refractivity contribution in [3.63, 3.8) is 0 Å². The second kappa shape index (κ2) is 5.67. The van der Waals surface area contributed by atoms with E-state index >= 15 is 0 Å². The number of aryl methyl sites for hydroxylation is 1. The van der Waals surface area contributed by atoms with E-state index in [9.17, 15) is 0 Å². The Hall–Kier alpha value is -0.820. The van der Waals surface area contributed by atoms with Gasteiger partial charge in [0, 0.05) is 39.6 Å². The summed E-state index contributed by atoms with van der Waals surface area (Å²) >= 11 is 5.35. The highest BCUT2D eigenvalue weighted by Gasteiger charge is 2.44. The van der Waals surface area contributed by atoms with Gasteiger partial charge in [0.2, 0.25) is 0 Å². The zero-order valence-corrected chi connectivity index (χ0v) is 14.9. The molecule has 2 aliphatic heterocycles. The van der Waals surface area contributed by atoms with E-state index < -0.39 is 0 Å². The number of halogens is 1. The molecule has 0 unspecified atom stereocenters. The van der Waals surface area contributed by atoms with Crippen LogP contribution in [0.2, 0.25) is 0 Å². The van der Waals surface area contributed by atoms with Crippen molar-refractivity contribution >= 4 is 27.3 Å². The van der Waals surface area contributed by atoms with Crippen molar-refractivity contribution in [2.24, 2.45) is 0 Å². The minimum Gasteiger partial charge on any atom is -0.376 e. The third-order valence-corrected chi connectivity index (χ3v) is 6.24. The van der Waals surface area contributed by atoms with Crippen molar-refractivity contribution in [1.29, 1.82) is 0 Å². The molecule has 0 aliphatic carbocycles. The lowest BCUT2D eigenvalue weighted by Gasteiger charge is -2.34. The largest absolute Gasteiger partial charge is 0.376 e. The van der Waals surface area contributed by atoms with Crippen LogP contribution in [0.15, 0.2) is 22.1 Å². The molecule has 22 heavy (non-hydrogen) atoms. The molecule has 0 amide bonds. The zero-order chi connectivity index (χ0) is 15.2. The van der Waals surface area contributed by atoms with Gasteiger partial charge in [0.15, 0.2) is 0 Å². The number of thiophene rings is 1. The molecular weight excluding hydrogens is 362 g/mol. The molecule has 0 saturated carbocycles. The Morgan fingerprint density at radius 2 is 2.41 bits per heavy atom. The number of rotatable bonds is 2. The van der Waals surface area contributed by atoms with Crippen molar-refractivity contribution in [1.82, 2.24) is 14.9 Å². The van der Waals surface area contributed by atoms with Gasteiger partial charge in [-0.15, -0.1) is 11.3 Å². The lowest BCUT2D eigenvalue weighted by atomic mass is 9.80. The molecule has 2 aliphatic rings. The quantitative estimate of drug-likeness (QED) is 0.802. The second-order valence-electron chi connectivity index (χ2n) is 6.26. The second-order valence-corrected chi connectivity index (χ2v) is 8.17. The molecule has 1 spiro atoms. The molecule has 4 heterocycles. The van der Waals surface area contributed by atoms with Crippen molar-refractivity contribution in [2.45, 2.75) is 31.9 Å². The fraction of sp³-hybridized carbons (Fsp3) is 0.500. The Morgan fingerprint density at radius 3 is 3.23 bits per heavy atom. The first-order chi connectivity index (χ1) is 10.6. The van der Waals surface area contributed by atoms with Crippen LogP contribution in [-0.2, 0) is 23.3 Å². The molecule has 4 rings (SSSR count). The number of ether oxygens (including phenoxy) is 1. The van der Waals surface area contributed by atoms with E-state index in [2.05, 4.69) is 37.3 Å². The van der Waals surface area contributed by atoms with Crippen LogP contribution in [0.3, 0.4) is 0 Å². The maximum absolute atomic E-state index is 5.86. The highest BCUT2D eigenvalue weighted by Crippen LogP contribution is 2.39. The van der Waals surface area contributed by atoms with Crippen molar-refractivity contribution in [3.05, 3.63) is 44.1 Å². The van der Waals surface area contributed by atoms with Gasteiger partial charge in [-0.25, -0.2) is 9.97 Å². The Bertz CT molecular complexity index is 704. The molecule has 0 radical (unpaired) electrons. The van der Waals surface area contributed by atoms with Gasteiger partial charge in [-0.05, 0) is 41.9 Å². The average molecular weight is 380 g/mol. The number of aromatic nitrogens is 2. The lowest BCUT2D eigenvalue weighted by Crippen LogP contribution is -2.40. The molecule has 1 saturated heterocycles. The predicted octanol–water partition coefficient (Wildman–Crippen LogP) is 3.28. The van der Waals surface area contributed by atoms with Gasteiger partial charge in [0.25, 0.3) is 0 Å². The smallest absolute Gasteiger partial charge is 0.125 e. The van der Waals surface area contributed by atoms with Crippen molar-refractivity contribution in [2.75, 3.05) is 19.7 Å². The van der Waals surface area contributed by atoms with E-state index in [0.29, 0.717) is 6.61 Å². The molecule has 116 valence electrons. The van der Waals surface area contributed by atoms with E-state index in [1.807, 2.05) is 24.5 Å². The number of hydrogen-bond donors (Lipinski definition) is 0. The first-order valence-electron chi connectivity index (χ1n) is 7.51. The van der Waals surface area contributed by atoms with E-state index in [-0.39, 0.29) is 5.41 Å². The molecule has 1 fully saturated rings. The number of fused-ring (bicyclic) bond motifs is 2. The summed E-state index contributed by atoms with van der Waals surface area (Å²) in [7, 11) is 0. The fourth-order valence-electron chi connectivity index (χ4n) is 3.55. The van der Waals surface area contributed by atoms with Gasteiger partial charge in [0.1, 0.15) is 5.82 Å². The normalized spacial score (nSPS) is 24.8. The molecule has 2 aromatic rings. The predicted molar refractivity (Wildman–Crippen MR) is 90.0 cm³/mol. The van der Waals surface area contributed by atoms with Crippen LogP contribution in [0.4, 0.5) is 0 Å². The standard InChI is InChI=1S/C16H18BrN3OS/c1-11-18-5-12-7-21-10-16(15(12)19-11)2-3-20(9-16)6-14-4-13(17)8-22-14/h4-5,8H,2-3,6-7,9-10H2,1H3/t16-/m0/s1. The maximum atomic E-state index is 5.86. The van der Waals surface area contributed by atoms with Crippen LogP contribution < -0.4 is 0 Å². The molecule has 1 atom stereocenters. The summed E-state index contributed by atoms with van der Waals surface area (Å²) in [6.07, 6.45) is 3.06. The Morgan fingerprint density at radius 1 is 1.50 bits per heavy atom.